The van der Waals surface area contributed by atoms with Crippen molar-refractivity contribution in [3.8, 4) is 12.1 Å². The highest BCUT2D eigenvalue weighted by Crippen LogP contribution is 2.29. The van der Waals surface area contributed by atoms with Gasteiger partial charge in [0.2, 0.25) is 0 Å². The molecule has 39 heavy (non-hydrogen) atoms. The highest BCUT2D eigenvalue weighted by atomic mass is 16.5. The number of hydrogen-bond acceptors (Lipinski definition) is 9. The number of anilines is 1. The van der Waals surface area contributed by atoms with Gasteiger partial charge in [0.05, 0.1) is 46.2 Å². The summed E-state index contributed by atoms with van der Waals surface area (Å²) in [5.74, 6) is -0.181. The molecule has 0 bridgehead atoms. The van der Waals surface area contributed by atoms with Gasteiger partial charge in [0.15, 0.2) is 0 Å². The number of azo groups is 2. The highest BCUT2D eigenvalue weighted by Gasteiger charge is 2.26. The Bertz CT molecular complexity index is 1460. The molecule has 3 aromatic rings. The fourth-order valence-electron chi connectivity index (χ4n) is 3.34. The van der Waals surface area contributed by atoms with Gasteiger partial charge in [0, 0.05) is 12.7 Å². The second-order valence-electron chi connectivity index (χ2n) is 9.64. The van der Waals surface area contributed by atoms with E-state index in [4.69, 9.17) is 10.00 Å². The molecule has 0 aliphatic rings. The summed E-state index contributed by atoms with van der Waals surface area (Å²) in [5, 5.41) is 35.4. The number of benzene rings is 3. The van der Waals surface area contributed by atoms with Crippen LogP contribution in [0.1, 0.15) is 43.9 Å². The molecular weight excluding hydrogens is 490 g/mol. The predicted octanol–water partition coefficient (Wildman–Crippen LogP) is 7.98. The Hall–Kier alpha value is -4.89. The van der Waals surface area contributed by atoms with Crippen LogP contribution in [0.25, 0.3) is 0 Å². The summed E-state index contributed by atoms with van der Waals surface area (Å²) in [4.78, 5) is 14.1. The number of likely N-dealkylation sites (N-methyl/N-ethyl adjacent to an activating group) is 1. The summed E-state index contributed by atoms with van der Waals surface area (Å²) in [6.07, 6.45) is 0.733. The summed E-state index contributed by atoms with van der Waals surface area (Å²) in [7, 11) is 1.94. The zero-order valence-corrected chi connectivity index (χ0v) is 22.8. The molecule has 0 saturated heterocycles. The first kappa shape index (κ1) is 28.7. The lowest BCUT2D eigenvalue weighted by Crippen LogP contribution is -2.30. The first-order chi connectivity index (χ1) is 18.7. The lowest BCUT2D eigenvalue weighted by molar-refractivity contribution is -0.153. The van der Waals surface area contributed by atoms with Crippen molar-refractivity contribution in [2.45, 2.75) is 34.1 Å². The number of carbonyl (C=O) groups is 1. The Balaban J connectivity index is 1.60. The van der Waals surface area contributed by atoms with Crippen molar-refractivity contribution in [2.75, 3.05) is 25.1 Å². The van der Waals surface area contributed by atoms with E-state index >= 15 is 0 Å². The average molecular weight is 522 g/mol. The standard InChI is InChI=1S/C30H31N7O2/c1-6-30(3,4)29(38)39-16-15-37(5)26-11-8-24(9-12-26)33-35-27-14-10-25(17-21(27)2)34-36-28-13-7-22(19-31)18-23(28)20-32/h7-14,17-18H,6,15-16H2,1-5H3. The van der Waals surface area contributed by atoms with Gasteiger partial charge < -0.3 is 9.64 Å². The van der Waals surface area contributed by atoms with Crippen LogP contribution >= 0.6 is 0 Å². The normalized spacial score (nSPS) is 11.4. The second kappa shape index (κ2) is 13.1. The summed E-state index contributed by atoms with van der Waals surface area (Å²) in [6, 6.07) is 21.8. The molecule has 9 heteroatoms. The number of esters is 1. The summed E-state index contributed by atoms with van der Waals surface area (Å²) in [5.41, 5.74) is 4.47. The molecule has 0 unspecified atom stereocenters. The van der Waals surface area contributed by atoms with Crippen LogP contribution in [0.3, 0.4) is 0 Å². The van der Waals surface area contributed by atoms with Crippen LogP contribution in [0.2, 0.25) is 0 Å². The lowest BCUT2D eigenvalue weighted by atomic mass is 9.91. The lowest BCUT2D eigenvalue weighted by Gasteiger charge is -2.23. The molecule has 0 heterocycles. The van der Waals surface area contributed by atoms with Gasteiger partial charge in [-0.3, -0.25) is 4.79 Å². The smallest absolute Gasteiger partial charge is 0.311 e. The summed E-state index contributed by atoms with van der Waals surface area (Å²) >= 11 is 0. The molecule has 0 aliphatic carbocycles. The molecule has 0 aromatic heterocycles. The number of aryl methyl sites for hydroxylation is 1. The molecular formula is C30H31N7O2. The number of nitriles is 2. The molecule has 0 aliphatic heterocycles. The fourth-order valence-corrected chi connectivity index (χ4v) is 3.34. The molecule has 9 nitrogen and oxygen atoms in total. The van der Waals surface area contributed by atoms with Crippen LogP contribution in [-0.4, -0.2) is 26.2 Å². The minimum atomic E-state index is -0.470. The van der Waals surface area contributed by atoms with Crippen LogP contribution in [0, 0.1) is 35.0 Å². The van der Waals surface area contributed by atoms with E-state index in [1.165, 1.54) is 6.07 Å². The van der Waals surface area contributed by atoms with Crippen molar-refractivity contribution in [2.24, 2.45) is 25.9 Å². The predicted molar refractivity (Wildman–Crippen MR) is 150 cm³/mol. The Morgan fingerprint density at radius 3 is 2.18 bits per heavy atom. The zero-order valence-electron chi connectivity index (χ0n) is 22.8. The molecule has 3 rings (SSSR count). The van der Waals surface area contributed by atoms with E-state index in [0.29, 0.717) is 41.5 Å². The number of hydrogen-bond donors (Lipinski definition) is 0. The van der Waals surface area contributed by atoms with Gasteiger partial charge in [-0.05, 0) is 93.4 Å². The number of rotatable bonds is 10. The third-order valence-corrected chi connectivity index (χ3v) is 6.36. The van der Waals surface area contributed by atoms with Gasteiger partial charge in [-0.25, -0.2) is 0 Å². The Labute approximate surface area is 229 Å². The third-order valence-electron chi connectivity index (χ3n) is 6.36. The Morgan fingerprint density at radius 1 is 0.897 bits per heavy atom. The summed E-state index contributed by atoms with van der Waals surface area (Å²) < 4.78 is 5.43. The molecule has 0 atom stereocenters. The molecule has 3 aromatic carbocycles. The topological polar surface area (TPSA) is 127 Å². The van der Waals surface area contributed by atoms with Gasteiger partial charge in [-0.1, -0.05) is 6.92 Å². The second-order valence-corrected chi connectivity index (χ2v) is 9.64. The molecule has 0 radical (unpaired) electrons. The number of nitrogens with zero attached hydrogens (tertiary/aromatic N) is 7. The first-order valence-electron chi connectivity index (χ1n) is 12.5. The van der Waals surface area contributed by atoms with Crippen LogP contribution in [-0.2, 0) is 9.53 Å². The van der Waals surface area contributed by atoms with E-state index in [0.717, 1.165) is 17.7 Å². The Morgan fingerprint density at radius 2 is 1.54 bits per heavy atom. The number of carbonyl (C=O) groups excluding carboxylic acids is 1. The SMILES string of the molecule is CCC(C)(C)C(=O)OCCN(C)c1ccc(N=Nc2ccc(N=Nc3ccc(C#N)cc3C#N)cc2C)cc1. The van der Waals surface area contributed by atoms with Gasteiger partial charge in [0.25, 0.3) is 0 Å². The van der Waals surface area contributed by atoms with E-state index < -0.39 is 5.41 Å². The number of ether oxygens (including phenoxy) is 1. The van der Waals surface area contributed by atoms with E-state index in [9.17, 15) is 10.1 Å². The maximum Gasteiger partial charge on any atom is 0.311 e. The minimum absolute atomic E-state index is 0.181. The third kappa shape index (κ3) is 7.80. The molecule has 0 fully saturated rings. The highest BCUT2D eigenvalue weighted by molar-refractivity contribution is 5.75. The van der Waals surface area contributed by atoms with Crippen molar-refractivity contribution in [3.63, 3.8) is 0 Å². The van der Waals surface area contributed by atoms with E-state index in [1.807, 2.05) is 82.1 Å². The molecule has 0 saturated carbocycles. The Kier molecular flexibility index (Phi) is 9.61. The van der Waals surface area contributed by atoms with Crippen LogP contribution in [0.15, 0.2) is 81.1 Å². The van der Waals surface area contributed by atoms with Crippen molar-refractivity contribution in [1.29, 1.82) is 10.5 Å². The van der Waals surface area contributed by atoms with Gasteiger partial charge >= 0.3 is 5.97 Å². The largest absolute Gasteiger partial charge is 0.463 e. The monoisotopic (exact) mass is 521 g/mol. The van der Waals surface area contributed by atoms with Gasteiger partial charge in [0.1, 0.15) is 18.4 Å². The van der Waals surface area contributed by atoms with E-state index in [1.54, 1.807) is 24.3 Å². The minimum Gasteiger partial charge on any atom is -0.463 e. The average Bonchev–Trinajstić information content (AvgIpc) is 2.95. The van der Waals surface area contributed by atoms with E-state index in [2.05, 4.69) is 20.5 Å². The summed E-state index contributed by atoms with van der Waals surface area (Å²) in [6.45, 7) is 8.56. The molecule has 0 N–H and O–H groups in total. The van der Waals surface area contributed by atoms with Crippen LogP contribution in [0.4, 0.5) is 28.4 Å². The molecule has 0 amide bonds. The fraction of sp³-hybridized carbons (Fsp3) is 0.300. The van der Waals surface area contributed by atoms with Gasteiger partial charge in [-0.15, -0.1) is 5.11 Å². The van der Waals surface area contributed by atoms with Crippen molar-refractivity contribution >= 4 is 34.4 Å². The van der Waals surface area contributed by atoms with E-state index in [-0.39, 0.29) is 11.5 Å². The maximum absolute atomic E-state index is 12.1. The van der Waals surface area contributed by atoms with Crippen molar-refractivity contribution < 1.29 is 9.53 Å². The van der Waals surface area contributed by atoms with Crippen molar-refractivity contribution in [1.82, 2.24) is 0 Å². The zero-order chi connectivity index (χ0) is 28.4. The maximum atomic E-state index is 12.1. The van der Waals surface area contributed by atoms with Crippen LogP contribution in [0.5, 0.6) is 0 Å². The molecule has 0 spiro atoms. The first-order valence-corrected chi connectivity index (χ1v) is 12.5. The van der Waals surface area contributed by atoms with Gasteiger partial charge in [-0.2, -0.15) is 25.9 Å². The van der Waals surface area contributed by atoms with Crippen molar-refractivity contribution in [3.05, 3.63) is 77.4 Å². The van der Waals surface area contributed by atoms with Crippen LogP contribution < -0.4 is 4.90 Å². The quantitative estimate of drug-likeness (QED) is 0.197. The molecule has 198 valence electrons.